The first-order chi connectivity index (χ1) is 15.3. The highest BCUT2D eigenvalue weighted by molar-refractivity contribution is 7.89. The molecule has 0 aliphatic carbocycles. The Morgan fingerprint density at radius 1 is 1.00 bits per heavy atom. The minimum atomic E-state index is -3.58. The van der Waals surface area contributed by atoms with Gasteiger partial charge in [-0.15, -0.1) is 0 Å². The highest BCUT2D eigenvalue weighted by Crippen LogP contribution is 2.28. The molecule has 3 heterocycles. The molecule has 170 valence electrons. The maximum atomic E-state index is 13.3. The molecule has 2 aromatic heterocycles. The van der Waals surface area contributed by atoms with Crippen LogP contribution in [0.4, 0.5) is 0 Å². The molecular weight excluding hydrogens is 428 g/mol. The molecule has 0 spiro atoms. The number of hydrogen-bond acceptors (Lipinski definition) is 5. The Kier molecular flexibility index (Phi) is 6.53. The van der Waals surface area contributed by atoms with Crippen molar-refractivity contribution in [1.29, 1.82) is 0 Å². The van der Waals surface area contributed by atoms with Gasteiger partial charge in [-0.25, -0.2) is 8.42 Å². The minimum absolute atomic E-state index is 0.0126. The van der Waals surface area contributed by atoms with E-state index in [4.69, 9.17) is 8.83 Å². The second-order valence-electron chi connectivity index (χ2n) is 8.30. The van der Waals surface area contributed by atoms with Crippen molar-refractivity contribution in [3.63, 3.8) is 0 Å². The van der Waals surface area contributed by atoms with Crippen LogP contribution in [0.15, 0.2) is 68.7 Å². The van der Waals surface area contributed by atoms with Crippen LogP contribution in [0, 0.1) is 19.8 Å². The van der Waals surface area contributed by atoms with Crippen LogP contribution in [0.5, 0.6) is 0 Å². The number of carbonyl (C=O) groups is 1. The molecule has 1 aromatic carbocycles. The number of aryl methyl sites for hydroxylation is 2. The van der Waals surface area contributed by atoms with E-state index < -0.39 is 10.0 Å². The lowest BCUT2D eigenvalue weighted by molar-refractivity contribution is -0.138. The van der Waals surface area contributed by atoms with Crippen LogP contribution >= 0.6 is 0 Å². The smallest absolute Gasteiger partial charge is 0.243 e. The van der Waals surface area contributed by atoms with Crippen LogP contribution in [0.25, 0.3) is 0 Å². The average Bonchev–Trinajstić information content (AvgIpc) is 3.47. The lowest BCUT2D eigenvalue weighted by Crippen LogP contribution is -2.44. The quantitative estimate of drug-likeness (QED) is 0.534. The maximum absolute atomic E-state index is 13.3. The van der Waals surface area contributed by atoms with Crippen LogP contribution in [0.2, 0.25) is 0 Å². The topological polar surface area (TPSA) is 84.0 Å². The van der Waals surface area contributed by atoms with Crippen molar-refractivity contribution < 1.29 is 22.0 Å². The molecule has 32 heavy (non-hydrogen) atoms. The Labute approximate surface area is 188 Å². The second kappa shape index (κ2) is 9.34. The van der Waals surface area contributed by atoms with Gasteiger partial charge >= 0.3 is 0 Å². The van der Waals surface area contributed by atoms with Crippen LogP contribution in [0.3, 0.4) is 0 Å². The predicted octanol–water partition coefficient (Wildman–Crippen LogP) is 4.12. The molecule has 0 bridgehead atoms. The third-order valence-electron chi connectivity index (χ3n) is 5.92. The van der Waals surface area contributed by atoms with Crippen molar-refractivity contribution in [2.75, 3.05) is 13.1 Å². The van der Waals surface area contributed by atoms with Gasteiger partial charge in [0, 0.05) is 19.0 Å². The summed E-state index contributed by atoms with van der Waals surface area (Å²) in [6, 6.07) is 12.6. The predicted molar refractivity (Wildman–Crippen MR) is 119 cm³/mol. The van der Waals surface area contributed by atoms with Crippen molar-refractivity contribution in [2.24, 2.45) is 5.92 Å². The highest BCUT2D eigenvalue weighted by Gasteiger charge is 2.34. The first-order valence-electron chi connectivity index (χ1n) is 10.8. The number of amides is 1. The SMILES string of the molecule is Cc1ccc(S(=O)(=O)N2CCC(C(=O)N(Cc3ccco3)Cc3ccco3)CC2)c(C)c1. The molecule has 1 saturated heterocycles. The molecule has 1 aliphatic rings. The summed E-state index contributed by atoms with van der Waals surface area (Å²) in [5, 5.41) is 0. The fourth-order valence-electron chi connectivity index (χ4n) is 4.22. The fourth-order valence-corrected chi connectivity index (χ4v) is 5.90. The lowest BCUT2D eigenvalue weighted by Gasteiger charge is -2.33. The van der Waals surface area contributed by atoms with Crippen molar-refractivity contribution in [1.82, 2.24) is 9.21 Å². The zero-order chi connectivity index (χ0) is 22.7. The summed E-state index contributed by atoms with van der Waals surface area (Å²) < 4.78 is 38.7. The largest absolute Gasteiger partial charge is 0.467 e. The number of benzene rings is 1. The van der Waals surface area contributed by atoms with Gasteiger partial charge in [-0.2, -0.15) is 4.31 Å². The van der Waals surface area contributed by atoms with Gasteiger partial charge in [0.15, 0.2) is 0 Å². The number of furan rings is 2. The van der Waals surface area contributed by atoms with E-state index in [0.717, 1.165) is 11.1 Å². The summed E-state index contributed by atoms with van der Waals surface area (Å²) in [6.07, 6.45) is 4.13. The monoisotopic (exact) mass is 456 g/mol. The van der Waals surface area contributed by atoms with E-state index in [0.29, 0.717) is 55.4 Å². The summed E-state index contributed by atoms with van der Waals surface area (Å²) in [5.74, 6) is 1.13. The van der Waals surface area contributed by atoms with Gasteiger partial charge in [0.2, 0.25) is 15.9 Å². The summed E-state index contributed by atoms with van der Waals surface area (Å²) in [5.41, 5.74) is 1.77. The number of rotatable bonds is 7. The zero-order valence-electron chi connectivity index (χ0n) is 18.4. The summed E-state index contributed by atoms with van der Waals surface area (Å²) >= 11 is 0. The molecule has 3 aromatic rings. The standard InChI is InChI=1S/C24H28N2O5S/c1-18-7-8-23(19(2)15-18)32(28,29)26-11-9-20(10-12-26)24(27)25(16-21-5-3-13-30-21)17-22-6-4-14-31-22/h3-8,13-15,20H,9-12,16-17H2,1-2H3. The van der Waals surface area contributed by atoms with E-state index in [-0.39, 0.29) is 11.8 Å². The second-order valence-corrected chi connectivity index (χ2v) is 10.2. The molecule has 1 amide bonds. The van der Waals surface area contributed by atoms with Crippen molar-refractivity contribution in [2.45, 2.75) is 44.7 Å². The number of sulfonamides is 1. The van der Waals surface area contributed by atoms with Crippen LogP contribution in [-0.4, -0.2) is 36.6 Å². The van der Waals surface area contributed by atoms with Gasteiger partial charge in [-0.3, -0.25) is 4.79 Å². The molecule has 8 heteroatoms. The summed E-state index contributed by atoms with van der Waals surface area (Å²) in [6.45, 7) is 5.08. The Balaban J connectivity index is 1.45. The third-order valence-corrected chi connectivity index (χ3v) is 7.98. The molecule has 4 rings (SSSR count). The van der Waals surface area contributed by atoms with E-state index in [1.54, 1.807) is 35.6 Å². The molecule has 1 fully saturated rings. The molecule has 0 unspecified atom stereocenters. The molecular formula is C24H28N2O5S. The molecule has 0 atom stereocenters. The Bertz CT molecular complexity index is 1110. The van der Waals surface area contributed by atoms with Crippen molar-refractivity contribution in [3.8, 4) is 0 Å². The molecule has 0 radical (unpaired) electrons. The maximum Gasteiger partial charge on any atom is 0.243 e. The minimum Gasteiger partial charge on any atom is -0.467 e. The molecule has 0 N–H and O–H groups in total. The van der Waals surface area contributed by atoms with Crippen LogP contribution in [0.1, 0.15) is 35.5 Å². The normalized spacial score (nSPS) is 15.7. The van der Waals surface area contributed by atoms with Crippen molar-refractivity contribution >= 4 is 15.9 Å². The Morgan fingerprint density at radius 2 is 1.59 bits per heavy atom. The summed E-state index contributed by atoms with van der Waals surface area (Å²) in [4.78, 5) is 15.4. The van der Waals surface area contributed by atoms with E-state index in [1.165, 1.54) is 4.31 Å². The third kappa shape index (κ3) is 4.81. The zero-order valence-corrected chi connectivity index (χ0v) is 19.2. The number of nitrogens with zero attached hydrogens (tertiary/aromatic N) is 2. The number of carbonyl (C=O) groups excluding carboxylic acids is 1. The lowest BCUT2D eigenvalue weighted by atomic mass is 9.96. The highest BCUT2D eigenvalue weighted by atomic mass is 32.2. The molecule has 1 aliphatic heterocycles. The fraction of sp³-hybridized carbons (Fsp3) is 0.375. The molecule has 7 nitrogen and oxygen atoms in total. The molecule has 0 saturated carbocycles. The van der Waals surface area contributed by atoms with Crippen LogP contribution < -0.4 is 0 Å². The van der Waals surface area contributed by atoms with E-state index in [2.05, 4.69) is 0 Å². The van der Waals surface area contributed by atoms with Gasteiger partial charge in [0.25, 0.3) is 0 Å². The van der Waals surface area contributed by atoms with Gasteiger partial charge in [0.1, 0.15) is 11.5 Å². The van der Waals surface area contributed by atoms with Gasteiger partial charge < -0.3 is 13.7 Å². The van der Waals surface area contributed by atoms with E-state index in [1.807, 2.05) is 38.1 Å². The Morgan fingerprint density at radius 3 is 2.09 bits per heavy atom. The first kappa shape index (κ1) is 22.4. The Hall–Kier alpha value is -2.84. The summed E-state index contributed by atoms with van der Waals surface area (Å²) in [7, 11) is -3.58. The number of piperidine rings is 1. The average molecular weight is 457 g/mol. The van der Waals surface area contributed by atoms with Gasteiger partial charge in [0.05, 0.1) is 30.5 Å². The van der Waals surface area contributed by atoms with Gasteiger partial charge in [-0.05, 0) is 62.6 Å². The van der Waals surface area contributed by atoms with E-state index in [9.17, 15) is 13.2 Å². The van der Waals surface area contributed by atoms with Gasteiger partial charge in [-0.1, -0.05) is 17.7 Å². The first-order valence-corrected chi connectivity index (χ1v) is 12.2. The van der Waals surface area contributed by atoms with Crippen molar-refractivity contribution in [3.05, 3.63) is 77.6 Å². The number of hydrogen-bond donors (Lipinski definition) is 0. The van der Waals surface area contributed by atoms with E-state index >= 15 is 0 Å². The van der Waals surface area contributed by atoms with Crippen LogP contribution in [-0.2, 0) is 27.9 Å².